The molecule has 0 aromatic heterocycles. The van der Waals surface area contributed by atoms with Crippen LogP contribution < -0.4 is 5.32 Å². The van der Waals surface area contributed by atoms with Crippen LogP contribution in [0.3, 0.4) is 0 Å². The van der Waals surface area contributed by atoms with Gasteiger partial charge in [-0.15, -0.1) is 0 Å². The second kappa shape index (κ2) is 5.29. The van der Waals surface area contributed by atoms with E-state index < -0.39 is 22.8 Å². The van der Waals surface area contributed by atoms with E-state index in [0.29, 0.717) is 18.4 Å². The average Bonchev–Trinajstić information content (AvgIpc) is 2.34. The van der Waals surface area contributed by atoms with Gasteiger partial charge in [-0.05, 0) is 45.4 Å². The Bertz CT molecular complexity index is 598. The van der Waals surface area contributed by atoms with Gasteiger partial charge in [-0.25, -0.2) is 4.79 Å². The lowest BCUT2D eigenvalue weighted by Gasteiger charge is -2.52. The average molecular weight is 302 g/mol. The zero-order valence-electron chi connectivity index (χ0n) is 13.4. The van der Waals surface area contributed by atoms with E-state index in [-0.39, 0.29) is 0 Å². The topological polar surface area (TPSA) is 82.3 Å². The first-order chi connectivity index (χ1) is 10.1. The lowest BCUT2D eigenvalue weighted by atomic mass is 9.62. The maximum Gasteiger partial charge on any atom is 0.408 e. The van der Waals surface area contributed by atoms with Crippen molar-refractivity contribution in [3.63, 3.8) is 0 Å². The third kappa shape index (κ3) is 3.58. The van der Waals surface area contributed by atoms with Crippen molar-refractivity contribution >= 4 is 6.09 Å². The number of hydrogen-bond acceptors (Lipinski definition) is 4. The number of rotatable bonds is 2. The largest absolute Gasteiger partial charge is 0.444 e. The zero-order valence-corrected chi connectivity index (χ0v) is 13.4. The van der Waals surface area contributed by atoms with E-state index in [1.165, 1.54) is 0 Å². The van der Waals surface area contributed by atoms with Crippen molar-refractivity contribution in [2.45, 2.75) is 57.3 Å². The summed E-state index contributed by atoms with van der Waals surface area (Å²) in [7, 11) is 0. The zero-order chi connectivity index (χ0) is 16.6. The van der Waals surface area contributed by atoms with Crippen molar-refractivity contribution in [1.82, 2.24) is 5.32 Å². The van der Waals surface area contributed by atoms with Crippen LogP contribution in [0.4, 0.5) is 4.79 Å². The highest BCUT2D eigenvalue weighted by molar-refractivity contribution is 5.69. The smallest absolute Gasteiger partial charge is 0.408 e. The fourth-order valence-electron chi connectivity index (χ4n) is 2.98. The lowest BCUT2D eigenvalue weighted by Crippen LogP contribution is -2.62. The van der Waals surface area contributed by atoms with Gasteiger partial charge in [-0.3, -0.25) is 0 Å². The van der Waals surface area contributed by atoms with E-state index in [2.05, 4.69) is 11.4 Å². The van der Waals surface area contributed by atoms with Crippen molar-refractivity contribution in [2.24, 2.45) is 0 Å². The molecule has 0 radical (unpaired) electrons. The minimum Gasteiger partial charge on any atom is -0.444 e. The van der Waals surface area contributed by atoms with Gasteiger partial charge < -0.3 is 15.2 Å². The molecule has 2 N–H and O–H groups in total. The van der Waals surface area contributed by atoms with Gasteiger partial charge in [-0.1, -0.05) is 12.1 Å². The number of ether oxygens (including phenoxy) is 1. The Hall–Kier alpha value is -2.06. The fraction of sp³-hybridized carbons (Fsp3) is 0.529. The summed E-state index contributed by atoms with van der Waals surface area (Å²) < 4.78 is 5.32. The summed E-state index contributed by atoms with van der Waals surface area (Å²) in [5, 5.41) is 21.9. The molecule has 1 saturated carbocycles. The monoisotopic (exact) mass is 302 g/mol. The standard InChI is InChI=1S/C17H22N2O3/c1-15(2,3)22-14(20)19-17(10-16(4,21)11-17)13-7-5-12(9-18)6-8-13/h5-8,21H,10-11H2,1-4H3,(H,19,20)/t16-,17-. The number of hydrogen-bond donors (Lipinski definition) is 2. The van der Waals surface area contributed by atoms with E-state index in [1.807, 2.05) is 12.1 Å². The molecule has 2 rings (SSSR count). The number of amides is 1. The van der Waals surface area contributed by atoms with Gasteiger partial charge in [0.25, 0.3) is 0 Å². The summed E-state index contributed by atoms with van der Waals surface area (Å²) in [5.74, 6) is 0. The first-order valence-electron chi connectivity index (χ1n) is 7.30. The van der Waals surface area contributed by atoms with Crippen LogP contribution in [0.1, 0.15) is 51.7 Å². The normalized spacial score (nSPS) is 27.5. The Kier molecular flexibility index (Phi) is 3.92. The molecule has 1 fully saturated rings. The van der Waals surface area contributed by atoms with Crippen LogP contribution in [-0.4, -0.2) is 22.4 Å². The number of alkyl carbamates (subject to hydrolysis) is 1. The van der Waals surface area contributed by atoms with Crippen molar-refractivity contribution < 1.29 is 14.6 Å². The molecule has 1 aliphatic rings. The third-order valence-electron chi connectivity index (χ3n) is 3.67. The number of carbonyl (C=O) groups is 1. The van der Waals surface area contributed by atoms with E-state index >= 15 is 0 Å². The molecule has 5 nitrogen and oxygen atoms in total. The van der Waals surface area contributed by atoms with E-state index in [4.69, 9.17) is 10.00 Å². The van der Waals surface area contributed by atoms with Crippen LogP contribution in [-0.2, 0) is 10.3 Å². The number of carbonyl (C=O) groups excluding carboxylic acids is 1. The van der Waals surface area contributed by atoms with E-state index in [1.54, 1.807) is 39.8 Å². The predicted octanol–water partition coefficient (Wildman–Crippen LogP) is 2.82. The van der Waals surface area contributed by atoms with Gasteiger partial charge in [0.2, 0.25) is 0 Å². The Morgan fingerprint density at radius 1 is 1.32 bits per heavy atom. The number of nitrogens with zero attached hydrogens (tertiary/aromatic N) is 1. The van der Waals surface area contributed by atoms with Crippen LogP contribution in [0.25, 0.3) is 0 Å². The van der Waals surface area contributed by atoms with Crippen molar-refractivity contribution in [2.75, 3.05) is 0 Å². The highest BCUT2D eigenvalue weighted by Gasteiger charge is 2.53. The third-order valence-corrected chi connectivity index (χ3v) is 3.67. The molecule has 1 aliphatic carbocycles. The van der Waals surface area contributed by atoms with E-state index in [0.717, 1.165) is 5.56 Å². The Labute approximate surface area is 130 Å². The molecule has 22 heavy (non-hydrogen) atoms. The quantitative estimate of drug-likeness (QED) is 0.880. The minimum absolute atomic E-state index is 0.408. The van der Waals surface area contributed by atoms with Crippen molar-refractivity contribution in [3.05, 3.63) is 35.4 Å². The van der Waals surface area contributed by atoms with Crippen LogP contribution >= 0.6 is 0 Å². The molecule has 0 saturated heterocycles. The maximum atomic E-state index is 12.1. The fourth-order valence-corrected chi connectivity index (χ4v) is 2.98. The summed E-state index contributed by atoms with van der Waals surface area (Å²) in [6.45, 7) is 7.15. The van der Waals surface area contributed by atoms with Crippen LogP contribution in [0.15, 0.2) is 24.3 Å². The number of aliphatic hydroxyl groups is 1. The van der Waals surface area contributed by atoms with Crippen LogP contribution in [0.5, 0.6) is 0 Å². The molecule has 1 aromatic carbocycles. The van der Waals surface area contributed by atoms with Crippen molar-refractivity contribution in [1.29, 1.82) is 5.26 Å². The van der Waals surface area contributed by atoms with Crippen molar-refractivity contribution in [3.8, 4) is 6.07 Å². The molecule has 5 heteroatoms. The molecule has 0 bridgehead atoms. The first-order valence-corrected chi connectivity index (χ1v) is 7.30. The molecular weight excluding hydrogens is 280 g/mol. The molecule has 0 atom stereocenters. The second-order valence-electron chi connectivity index (χ2n) is 7.25. The Balaban J connectivity index is 2.22. The SMILES string of the molecule is CC(C)(C)OC(=O)N[C@]1(c2ccc(C#N)cc2)C[C@@](C)(O)C1. The first kappa shape index (κ1) is 16.3. The summed E-state index contributed by atoms with van der Waals surface area (Å²) in [6.07, 6.45) is 0.309. The summed E-state index contributed by atoms with van der Waals surface area (Å²) >= 11 is 0. The molecule has 0 unspecified atom stereocenters. The summed E-state index contributed by atoms with van der Waals surface area (Å²) in [6, 6.07) is 9.11. The van der Waals surface area contributed by atoms with Gasteiger partial charge in [0.15, 0.2) is 0 Å². The van der Waals surface area contributed by atoms with Gasteiger partial charge in [-0.2, -0.15) is 5.26 Å². The number of benzene rings is 1. The highest BCUT2D eigenvalue weighted by atomic mass is 16.6. The second-order valence-corrected chi connectivity index (χ2v) is 7.25. The van der Waals surface area contributed by atoms with Crippen LogP contribution in [0.2, 0.25) is 0 Å². The Morgan fingerprint density at radius 3 is 2.27 bits per heavy atom. The molecule has 0 spiro atoms. The van der Waals surface area contributed by atoms with Gasteiger partial charge in [0.05, 0.1) is 22.8 Å². The van der Waals surface area contributed by atoms with Crippen LogP contribution in [0, 0.1) is 11.3 Å². The Morgan fingerprint density at radius 2 is 1.86 bits per heavy atom. The summed E-state index contributed by atoms with van der Waals surface area (Å²) in [4.78, 5) is 12.1. The molecule has 118 valence electrons. The van der Waals surface area contributed by atoms with E-state index in [9.17, 15) is 9.90 Å². The molecule has 1 amide bonds. The number of nitrogens with one attached hydrogen (secondary N) is 1. The number of nitriles is 1. The maximum absolute atomic E-state index is 12.1. The van der Waals surface area contributed by atoms with Gasteiger partial charge >= 0.3 is 6.09 Å². The van der Waals surface area contributed by atoms with Gasteiger partial charge in [0.1, 0.15) is 5.60 Å². The molecule has 1 aromatic rings. The lowest BCUT2D eigenvalue weighted by molar-refractivity contribution is -0.0892. The molecule has 0 heterocycles. The highest BCUT2D eigenvalue weighted by Crippen LogP contribution is 2.48. The summed E-state index contributed by atoms with van der Waals surface area (Å²) in [5.41, 5.74) is -0.628. The predicted molar refractivity (Wildman–Crippen MR) is 82.1 cm³/mol. The molecular formula is C17H22N2O3. The molecule has 0 aliphatic heterocycles. The minimum atomic E-state index is -0.817. The van der Waals surface area contributed by atoms with Gasteiger partial charge in [0, 0.05) is 12.8 Å².